The van der Waals surface area contributed by atoms with Gasteiger partial charge in [-0.1, -0.05) is 97.1 Å². The molecule has 7 rings (SSSR count). The molecule has 3 aromatic heterocycles. The van der Waals surface area contributed by atoms with Crippen LogP contribution >= 0.6 is 0 Å². The van der Waals surface area contributed by atoms with Gasteiger partial charge in [0.15, 0.2) is 5.82 Å². The van der Waals surface area contributed by atoms with Crippen molar-refractivity contribution in [2.45, 2.75) is 0 Å². The summed E-state index contributed by atoms with van der Waals surface area (Å²) in [6, 6.07) is 46.0. The van der Waals surface area contributed by atoms with Crippen LogP contribution in [0.5, 0.6) is 0 Å². The minimum atomic E-state index is 0.645. The van der Waals surface area contributed by atoms with Gasteiger partial charge in [0.25, 0.3) is 0 Å². The molecule has 0 saturated carbocycles. The van der Waals surface area contributed by atoms with Crippen molar-refractivity contribution in [1.82, 2.24) is 19.9 Å². The minimum Gasteiger partial charge on any atom is -0.264 e. The van der Waals surface area contributed by atoms with Gasteiger partial charge in [-0.05, 0) is 64.2 Å². The van der Waals surface area contributed by atoms with E-state index in [1.807, 2.05) is 36.7 Å². The molecule has 3 heterocycles. The lowest BCUT2D eigenvalue weighted by molar-refractivity contribution is 1.17. The Morgan fingerprint density at radius 1 is 0.310 bits per heavy atom. The summed E-state index contributed by atoms with van der Waals surface area (Å²) in [5.74, 6) is 0.645. The average molecular weight is 539 g/mol. The summed E-state index contributed by atoms with van der Waals surface area (Å²) in [4.78, 5) is 18.6. The van der Waals surface area contributed by atoms with Gasteiger partial charge in [0.2, 0.25) is 0 Å². The number of nitrogens with zero attached hydrogens (tertiary/aromatic N) is 4. The normalized spacial score (nSPS) is 10.9. The van der Waals surface area contributed by atoms with Crippen molar-refractivity contribution in [2.24, 2.45) is 0 Å². The molecule has 0 aliphatic carbocycles. The van der Waals surface area contributed by atoms with Crippen LogP contribution in [0, 0.1) is 0 Å². The third-order valence-electron chi connectivity index (χ3n) is 7.28. The van der Waals surface area contributed by atoms with Gasteiger partial charge in [-0.2, -0.15) is 0 Å². The van der Waals surface area contributed by atoms with E-state index in [1.165, 1.54) is 11.1 Å². The summed E-state index contributed by atoms with van der Waals surface area (Å²) >= 11 is 0. The van der Waals surface area contributed by atoms with Crippen LogP contribution in [-0.2, 0) is 0 Å². The molecule has 0 radical (unpaired) electrons. The van der Waals surface area contributed by atoms with Crippen molar-refractivity contribution in [1.29, 1.82) is 0 Å². The molecule has 0 atom stereocenters. The highest BCUT2D eigenvalue weighted by Gasteiger charge is 2.12. The zero-order chi connectivity index (χ0) is 28.1. The third-order valence-corrected chi connectivity index (χ3v) is 7.28. The Morgan fingerprint density at radius 2 is 0.786 bits per heavy atom. The largest absolute Gasteiger partial charge is 0.264 e. The van der Waals surface area contributed by atoms with Crippen molar-refractivity contribution < 1.29 is 0 Å². The summed E-state index contributed by atoms with van der Waals surface area (Å²) in [6.45, 7) is 0. The molecule has 0 amide bonds. The van der Waals surface area contributed by atoms with Gasteiger partial charge in [0, 0.05) is 47.0 Å². The first kappa shape index (κ1) is 25.2. The van der Waals surface area contributed by atoms with Gasteiger partial charge in [-0.15, -0.1) is 0 Å². The second-order valence-corrected chi connectivity index (χ2v) is 10.1. The number of benzene rings is 4. The zero-order valence-electron chi connectivity index (χ0n) is 22.8. The van der Waals surface area contributed by atoms with E-state index >= 15 is 0 Å². The van der Waals surface area contributed by atoms with Crippen LogP contribution < -0.4 is 0 Å². The maximum Gasteiger partial charge on any atom is 0.161 e. The molecule has 0 saturated heterocycles. The van der Waals surface area contributed by atoms with E-state index < -0.39 is 0 Å². The first-order chi connectivity index (χ1) is 20.8. The van der Waals surface area contributed by atoms with Crippen LogP contribution in [0.1, 0.15) is 0 Å². The van der Waals surface area contributed by atoms with Crippen LogP contribution in [0.2, 0.25) is 0 Å². The predicted molar refractivity (Wildman–Crippen MR) is 170 cm³/mol. The van der Waals surface area contributed by atoms with Gasteiger partial charge in [-0.25, -0.2) is 9.97 Å². The fourth-order valence-corrected chi connectivity index (χ4v) is 5.10. The van der Waals surface area contributed by atoms with E-state index in [1.54, 1.807) is 12.4 Å². The predicted octanol–water partition coefficient (Wildman–Crippen LogP) is 9.27. The highest BCUT2D eigenvalue weighted by atomic mass is 14.9. The number of pyridine rings is 2. The summed E-state index contributed by atoms with van der Waals surface area (Å²) < 4.78 is 0. The molecule has 42 heavy (non-hydrogen) atoms. The molecular weight excluding hydrogens is 512 g/mol. The maximum absolute atomic E-state index is 5.01. The Bertz CT molecular complexity index is 1950. The van der Waals surface area contributed by atoms with E-state index in [2.05, 4.69) is 119 Å². The van der Waals surface area contributed by atoms with Crippen LogP contribution in [0.4, 0.5) is 0 Å². The Labute approximate surface area is 245 Å². The Hall–Kier alpha value is -5.74. The van der Waals surface area contributed by atoms with E-state index in [0.717, 1.165) is 50.3 Å². The second-order valence-electron chi connectivity index (χ2n) is 10.1. The molecule has 0 fully saturated rings. The summed E-state index contributed by atoms with van der Waals surface area (Å²) in [5.41, 5.74) is 11.5. The standard InChI is InChI=1S/C38H26N4/c1-2-8-27(9-3-1)28-16-18-29(19-17-28)36-24-37(42-38(41-36)35-15-7-21-40-26-35)33-13-5-11-31(23-33)30-10-4-12-32(22-30)34-14-6-20-39-25-34/h1-26H. The SMILES string of the molecule is c1ccc(-c2ccc(-c3cc(-c4cccc(-c5cccc(-c6cccnc6)c5)c4)nc(-c4cccnc4)n3)cc2)cc1. The average Bonchev–Trinajstić information content (AvgIpc) is 3.09. The van der Waals surface area contributed by atoms with Crippen LogP contribution in [-0.4, -0.2) is 19.9 Å². The van der Waals surface area contributed by atoms with Gasteiger partial charge in [0.1, 0.15) is 0 Å². The van der Waals surface area contributed by atoms with Crippen molar-refractivity contribution in [3.05, 3.63) is 158 Å². The van der Waals surface area contributed by atoms with Crippen molar-refractivity contribution in [3.8, 4) is 67.3 Å². The summed E-state index contributed by atoms with van der Waals surface area (Å²) in [5, 5.41) is 0. The molecule has 7 aromatic rings. The molecule has 4 aromatic carbocycles. The fourth-order valence-electron chi connectivity index (χ4n) is 5.10. The van der Waals surface area contributed by atoms with Crippen LogP contribution in [0.15, 0.2) is 158 Å². The van der Waals surface area contributed by atoms with E-state index in [0.29, 0.717) is 5.82 Å². The highest BCUT2D eigenvalue weighted by molar-refractivity contribution is 5.78. The van der Waals surface area contributed by atoms with E-state index in [9.17, 15) is 0 Å². The van der Waals surface area contributed by atoms with Gasteiger partial charge < -0.3 is 0 Å². The minimum absolute atomic E-state index is 0.645. The number of hydrogen-bond acceptors (Lipinski definition) is 4. The monoisotopic (exact) mass is 538 g/mol. The van der Waals surface area contributed by atoms with Gasteiger partial charge >= 0.3 is 0 Å². The molecule has 0 aliphatic heterocycles. The lowest BCUT2D eigenvalue weighted by atomic mass is 9.97. The molecule has 4 heteroatoms. The molecule has 4 nitrogen and oxygen atoms in total. The van der Waals surface area contributed by atoms with Crippen LogP contribution in [0.3, 0.4) is 0 Å². The first-order valence-corrected chi connectivity index (χ1v) is 13.9. The van der Waals surface area contributed by atoms with E-state index in [-0.39, 0.29) is 0 Å². The summed E-state index contributed by atoms with van der Waals surface area (Å²) in [6.07, 6.45) is 7.26. The Morgan fingerprint density at radius 3 is 1.43 bits per heavy atom. The van der Waals surface area contributed by atoms with Gasteiger partial charge in [-0.3, -0.25) is 9.97 Å². The lowest BCUT2D eigenvalue weighted by Gasteiger charge is -2.11. The molecule has 0 spiro atoms. The number of aromatic nitrogens is 4. The van der Waals surface area contributed by atoms with Crippen molar-refractivity contribution >= 4 is 0 Å². The molecular formula is C38H26N4. The number of hydrogen-bond donors (Lipinski definition) is 0. The maximum atomic E-state index is 5.01. The Balaban J connectivity index is 1.30. The first-order valence-electron chi connectivity index (χ1n) is 13.9. The zero-order valence-corrected chi connectivity index (χ0v) is 22.8. The third kappa shape index (κ3) is 5.34. The summed E-state index contributed by atoms with van der Waals surface area (Å²) in [7, 11) is 0. The second kappa shape index (κ2) is 11.4. The molecule has 0 bridgehead atoms. The lowest BCUT2D eigenvalue weighted by Crippen LogP contribution is -1.96. The van der Waals surface area contributed by atoms with E-state index in [4.69, 9.17) is 9.97 Å². The smallest absolute Gasteiger partial charge is 0.161 e. The highest BCUT2D eigenvalue weighted by Crippen LogP contribution is 2.32. The Kier molecular flexibility index (Phi) is 6.85. The molecule has 0 aliphatic rings. The topological polar surface area (TPSA) is 51.6 Å². The number of rotatable bonds is 6. The van der Waals surface area contributed by atoms with Gasteiger partial charge in [0.05, 0.1) is 11.4 Å². The van der Waals surface area contributed by atoms with Crippen LogP contribution in [0.25, 0.3) is 67.3 Å². The quantitative estimate of drug-likeness (QED) is 0.212. The fraction of sp³-hybridized carbons (Fsp3) is 0. The van der Waals surface area contributed by atoms with Crippen molar-refractivity contribution in [2.75, 3.05) is 0 Å². The molecule has 198 valence electrons. The van der Waals surface area contributed by atoms with Crippen molar-refractivity contribution in [3.63, 3.8) is 0 Å². The molecule has 0 N–H and O–H groups in total. The molecule has 0 unspecified atom stereocenters.